The zero-order valence-electron chi connectivity index (χ0n) is 11.0. The van der Waals surface area contributed by atoms with Crippen molar-refractivity contribution in [1.82, 2.24) is 15.1 Å². The average Bonchev–Trinajstić information content (AvgIpc) is 2.62. The Morgan fingerprint density at radius 2 is 2.12 bits per heavy atom. The minimum Gasteiger partial charge on any atom is -0.305 e. The molecule has 0 spiro atoms. The maximum absolute atomic E-state index is 6.00. The van der Waals surface area contributed by atoms with E-state index in [-0.39, 0.29) is 5.54 Å². The molecule has 0 fully saturated rings. The Bertz CT molecular complexity index is 372. The third-order valence-electron chi connectivity index (χ3n) is 3.21. The molecule has 98 valence electrons. The van der Waals surface area contributed by atoms with Crippen molar-refractivity contribution < 1.29 is 0 Å². The monoisotopic (exact) mass is 321 g/mol. The number of nitrogens with one attached hydrogen (secondary N) is 1. The van der Waals surface area contributed by atoms with Crippen LogP contribution in [0.25, 0.3) is 0 Å². The van der Waals surface area contributed by atoms with E-state index in [9.17, 15) is 0 Å². The Morgan fingerprint density at radius 1 is 1.47 bits per heavy atom. The molecule has 0 bridgehead atoms. The van der Waals surface area contributed by atoms with E-state index in [0.29, 0.717) is 5.88 Å². The number of rotatable bonds is 6. The molecule has 17 heavy (non-hydrogen) atoms. The van der Waals surface area contributed by atoms with Gasteiger partial charge in [0.1, 0.15) is 0 Å². The number of nitrogens with zero attached hydrogens (tertiary/aromatic N) is 2. The molecule has 1 aromatic rings. The molecule has 1 heterocycles. The predicted molar refractivity (Wildman–Crippen MR) is 76.6 cm³/mol. The molecule has 1 N–H and O–H groups in total. The van der Waals surface area contributed by atoms with Crippen molar-refractivity contribution in [3.8, 4) is 0 Å². The summed E-state index contributed by atoms with van der Waals surface area (Å²) in [6.07, 6.45) is 1.01. The van der Waals surface area contributed by atoms with Crippen molar-refractivity contribution in [3.63, 3.8) is 0 Å². The van der Waals surface area contributed by atoms with Crippen molar-refractivity contribution in [1.29, 1.82) is 0 Å². The van der Waals surface area contributed by atoms with Crippen LogP contribution in [-0.2, 0) is 13.1 Å². The molecule has 0 amide bonds. The van der Waals surface area contributed by atoms with E-state index in [1.807, 2.05) is 11.6 Å². The topological polar surface area (TPSA) is 29.9 Å². The van der Waals surface area contributed by atoms with Gasteiger partial charge in [0, 0.05) is 24.5 Å². The minimum atomic E-state index is -0.0161. The van der Waals surface area contributed by atoms with Crippen molar-refractivity contribution in [2.45, 2.75) is 52.7 Å². The van der Waals surface area contributed by atoms with Crippen LogP contribution in [0.15, 0.2) is 4.47 Å². The Kier molecular flexibility index (Phi) is 5.48. The quantitative estimate of drug-likeness (QED) is 0.813. The lowest BCUT2D eigenvalue weighted by Gasteiger charge is -2.27. The Morgan fingerprint density at radius 3 is 2.59 bits per heavy atom. The van der Waals surface area contributed by atoms with Gasteiger partial charge in [0.2, 0.25) is 0 Å². The first-order chi connectivity index (χ1) is 7.97. The SMILES string of the molecule is CCn1nc(C)c(Br)c1CNC(C)(CC)CCl. The summed E-state index contributed by atoms with van der Waals surface area (Å²) in [5.74, 6) is 0.611. The first kappa shape index (κ1) is 15.0. The predicted octanol–water partition coefficient (Wildman–Crippen LogP) is 3.47. The maximum Gasteiger partial charge on any atom is 0.0739 e. The van der Waals surface area contributed by atoms with Crippen LogP contribution in [0.4, 0.5) is 0 Å². The van der Waals surface area contributed by atoms with Gasteiger partial charge >= 0.3 is 0 Å². The fourth-order valence-electron chi connectivity index (χ4n) is 1.60. The van der Waals surface area contributed by atoms with Crippen molar-refractivity contribution in [2.75, 3.05) is 5.88 Å². The summed E-state index contributed by atoms with van der Waals surface area (Å²) in [5.41, 5.74) is 2.21. The van der Waals surface area contributed by atoms with Crippen LogP contribution in [0, 0.1) is 6.92 Å². The molecule has 1 rings (SSSR count). The minimum absolute atomic E-state index is 0.0161. The number of hydrogen-bond donors (Lipinski definition) is 1. The van der Waals surface area contributed by atoms with Crippen LogP contribution in [-0.4, -0.2) is 21.2 Å². The molecule has 1 unspecified atom stereocenters. The molecule has 0 saturated carbocycles. The van der Waals surface area contributed by atoms with E-state index in [2.05, 4.69) is 47.1 Å². The van der Waals surface area contributed by atoms with Crippen LogP contribution in [0.5, 0.6) is 0 Å². The molecule has 0 aliphatic rings. The molecule has 1 aromatic heterocycles. The van der Waals surface area contributed by atoms with Crippen molar-refractivity contribution in [3.05, 3.63) is 15.9 Å². The first-order valence-corrected chi connectivity index (χ1v) is 7.33. The first-order valence-electron chi connectivity index (χ1n) is 6.00. The lowest BCUT2D eigenvalue weighted by Crippen LogP contribution is -2.43. The highest BCUT2D eigenvalue weighted by atomic mass is 79.9. The van der Waals surface area contributed by atoms with E-state index in [1.165, 1.54) is 5.69 Å². The summed E-state index contributed by atoms with van der Waals surface area (Å²) in [6.45, 7) is 10.1. The second kappa shape index (κ2) is 6.21. The van der Waals surface area contributed by atoms with E-state index >= 15 is 0 Å². The van der Waals surface area contributed by atoms with Crippen LogP contribution in [0.2, 0.25) is 0 Å². The van der Waals surface area contributed by atoms with Gasteiger partial charge in [-0.15, -0.1) is 11.6 Å². The Labute approximate surface area is 117 Å². The third kappa shape index (κ3) is 3.46. The van der Waals surface area contributed by atoms with Gasteiger partial charge < -0.3 is 5.32 Å². The van der Waals surface area contributed by atoms with E-state index in [4.69, 9.17) is 11.6 Å². The molecule has 0 radical (unpaired) electrons. The number of alkyl halides is 1. The number of hydrogen-bond acceptors (Lipinski definition) is 2. The fourth-order valence-corrected chi connectivity index (χ4v) is 2.31. The van der Waals surface area contributed by atoms with E-state index < -0.39 is 0 Å². The van der Waals surface area contributed by atoms with Gasteiger partial charge in [0.25, 0.3) is 0 Å². The molecular formula is C12H21BrClN3. The van der Waals surface area contributed by atoms with Crippen LogP contribution < -0.4 is 5.32 Å². The number of aromatic nitrogens is 2. The highest BCUT2D eigenvalue weighted by Gasteiger charge is 2.21. The fraction of sp³-hybridized carbons (Fsp3) is 0.750. The smallest absolute Gasteiger partial charge is 0.0739 e. The standard InChI is InChI=1S/C12H21BrClN3/c1-5-12(4,8-14)15-7-10-11(13)9(3)16-17(10)6-2/h15H,5-8H2,1-4H3. The Balaban J connectivity index is 2.81. The van der Waals surface area contributed by atoms with Crippen molar-refractivity contribution >= 4 is 27.5 Å². The molecule has 1 atom stereocenters. The zero-order chi connectivity index (χ0) is 13.1. The number of aryl methyl sites for hydroxylation is 2. The molecule has 0 aromatic carbocycles. The summed E-state index contributed by atoms with van der Waals surface area (Å²) >= 11 is 9.59. The second-order valence-corrected chi connectivity index (χ2v) is 5.62. The molecule has 5 heteroatoms. The molecule has 3 nitrogen and oxygen atoms in total. The Hall–Kier alpha value is -0.0600. The number of halogens is 2. The third-order valence-corrected chi connectivity index (χ3v) is 4.83. The molecule has 0 aliphatic carbocycles. The normalized spacial score (nSPS) is 14.9. The summed E-state index contributed by atoms with van der Waals surface area (Å²) in [7, 11) is 0. The van der Waals surface area contributed by atoms with Crippen LogP contribution >= 0.6 is 27.5 Å². The largest absolute Gasteiger partial charge is 0.305 e. The van der Waals surface area contributed by atoms with Gasteiger partial charge in [0.15, 0.2) is 0 Å². The van der Waals surface area contributed by atoms with E-state index in [0.717, 1.165) is 29.7 Å². The van der Waals surface area contributed by atoms with Crippen LogP contribution in [0.3, 0.4) is 0 Å². The highest BCUT2D eigenvalue weighted by Crippen LogP contribution is 2.22. The van der Waals surface area contributed by atoms with Gasteiger partial charge in [0.05, 0.1) is 15.9 Å². The highest BCUT2D eigenvalue weighted by molar-refractivity contribution is 9.10. The summed E-state index contributed by atoms with van der Waals surface area (Å²) in [5, 5.41) is 8.00. The lowest BCUT2D eigenvalue weighted by atomic mass is 10.0. The van der Waals surface area contributed by atoms with Gasteiger partial charge in [-0.25, -0.2) is 0 Å². The van der Waals surface area contributed by atoms with Crippen molar-refractivity contribution in [2.24, 2.45) is 0 Å². The summed E-state index contributed by atoms with van der Waals surface area (Å²) in [4.78, 5) is 0. The van der Waals surface area contributed by atoms with Gasteiger partial charge in [-0.1, -0.05) is 6.92 Å². The molecular weight excluding hydrogens is 302 g/mol. The van der Waals surface area contributed by atoms with Gasteiger partial charge in [-0.05, 0) is 43.1 Å². The van der Waals surface area contributed by atoms with E-state index in [1.54, 1.807) is 0 Å². The molecule has 0 aliphatic heterocycles. The van der Waals surface area contributed by atoms with Gasteiger partial charge in [-0.3, -0.25) is 4.68 Å². The maximum atomic E-state index is 6.00. The zero-order valence-corrected chi connectivity index (χ0v) is 13.3. The summed E-state index contributed by atoms with van der Waals surface area (Å²) in [6, 6.07) is 0. The second-order valence-electron chi connectivity index (χ2n) is 4.56. The van der Waals surface area contributed by atoms with Gasteiger partial charge in [-0.2, -0.15) is 5.10 Å². The summed E-state index contributed by atoms with van der Waals surface area (Å²) < 4.78 is 3.12. The van der Waals surface area contributed by atoms with Crippen LogP contribution in [0.1, 0.15) is 38.6 Å². The lowest BCUT2D eigenvalue weighted by molar-refractivity contribution is 0.371. The molecule has 0 saturated heterocycles. The average molecular weight is 323 g/mol.